The number of carbonyl (C=O) groups is 2. The van der Waals surface area contributed by atoms with E-state index in [2.05, 4.69) is 18.2 Å². The minimum absolute atomic E-state index is 0.0131. The molecule has 0 aromatic heterocycles. The normalized spacial score (nSPS) is 19.9. The van der Waals surface area contributed by atoms with Crippen molar-refractivity contribution in [3.05, 3.63) is 59.6 Å². The van der Waals surface area contributed by atoms with Crippen molar-refractivity contribution in [2.24, 2.45) is 0 Å². The van der Waals surface area contributed by atoms with Crippen LogP contribution in [0.4, 0.5) is 4.79 Å². The second-order valence-electron chi connectivity index (χ2n) is 10.5. The lowest BCUT2D eigenvalue weighted by atomic mass is 10.1. The molecule has 0 radical (unpaired) electrons. The summed E-state index contributed by atoms with van der Waals surface area (Å²) in [5, 5.41) is 7.00. The predicted octanol–water partition coefficient (Wildman–Crippen LogP) is 6.56. The Labute approximate surface area is 260 Å². The summed E-state index contributed by atoms with van der Waals surface area (Å²) in [4.78, 5) is 28.7. The molecule has 1 heterocycles. The molecule has 2 atom stereocenters. The lowest BCUT2D eigenvalue weighted by molar-refractivity contribution is -0.136. The maximum absolute atomic E-state index is 13.0. The lowest BCUT2D eigenvalue weighted by Gasteiger charge is -2.40. The fourth-order valence-corrected chi connectivity index (χ4v) is 4.46. The molecule has 1 unspecified atom stereocenters. The van der Waals surface area contributed by atoms with Crippen LogP contribution in [0.5, 0.6) is 0 Å². The molecule has 246 valence electrons. The third-order valence-corrected chi connectivity index (χ3v) is 6.17. The number of ether oxygens (including phenoxy) is 4. The molecule has 9 nitrogen and oxygen atoms in total. The van der Waals surface area contributed by atoms with Crippen LogP contribution in [0.25, 0.3) is 0 Å². The number of carbonyl (C=O) groups excluding carboxylic acids is 2. The Hall–Kier alpha value is -2.88. The summed E-state index contributed by atoms with van der Waals surface area (Å²) in [6.45, 7) is 17.6. The van der Waals surface area contributed by atoms with Crippen LogP contribution in [0.15, 0.2) is 59.6 Å². The molecule has 0 spiro atoms. The second kappa shape index (κ2) is 22.6. The summed E-state index contributed by atoms with van der Waals surface area (Å²) in [6.07, 6.45) is 17.1. The number of amides is 2. The van der Waals surface area contributed by atoms with Gasteiger partial charge in [-0.2, -0.15) is 0 Å². The maximum atomic E-state index is 13.0. The summed E-state index contributed by atoms with van der Waals surface area (Å²) >= 11 is 0. The number of nitrogens with zero attached hydrogens (tertiary/aromatic N) is 2. The Morgan fingerprint density at radius 1 is 1.09 bits per heavy atom. The zero-order valence-corrected chi connectivity index (χ0v) is 28.4. The van der Waals surface area contributed by atoms with E-state index in [1.54, 1.807) is 12.0 Å². The van der Waals surface area contributed by atoms with Crippen LogP contribution in [-0.4, -0.2) is 91.8 Å². The van der Waals surface area contributed by atoms with Gasteiger partial charge in [-0.15, -0.1) is 0 Å². The molecule has 1 fully saturated rings. The van der Waals surface area contributed by atoms with Gasteiger partial charge in [0.1, 0.15) is 17.9 Å². The van der Waals surface area contributed by atoms with Crippen molar-refractivity contribution in [1.82, 2.24) is 9.80 Å². The second-order valence-corrected chi connectivity index (χ2v) is 10.5. The van der Waals surface area contributed by atoms with Gasteiger partial charge in [-0.05, 0) is 65.5 Å². The molecule has 3 aliphatic rings. The van der Waals surface area contributed by atoms with Crippen molar-refractivity contribution in [2.75, 3.05) is 47.1 Å². The molecule has 43 heavy (non-hydrogen) atoms. The van der Waals surface area contributed by atoms with Gasteiger partial charge in [0, 0.05) is 38.1 Å². The van der Waals surface area contributed by atoms with Gasteiger partial charge in [-0.25, -0.2) is 4.79 Å². The van der Waals surface area contributed by atoms with Gasteiger partial charge in [-0.3, -0.25) is 9.69 Å². The van der Waals surface area contributed by atoms with Crippen molar-refractivity contribution in [2.45, 2.75) is 98.8 Å². The lowest BCUT2D eigenvalue weighted by Crippen LogP contribution is -2.56. The van der Waals surface area contributed by atoms with E-state index in [0.717, 1.165) is 49.8 Å². The minimum atomic E-state index is -0.594. The number of rotatable bonds is 9. The molecule has 1 aliphatic heterocycles. The van der Waals surface area contributed by atoms with Crippen LogP contribution in [-0.2, 0) is 23.7 Å². The molecule has 1 N–H and O–H groups in total. The highest BCUT2D eigenvalue weighted by Gasteiger charge is 2.35. The standard InChI is InChI=1S/C29H42N2O6.2C2H6.CH4O/c1-22-19-30(28(33)37-29(2,3)4)20-27(32)31(22)24-12-9-13-25(16-15-24)36-18-10-17-35-21-23-11-7-6-8-14-26(23)34-5;3*1-2/h6-7,11-12,14-16,22,25H,8-10,13,17-21H2,1-5H3;2*1-2H3;2H,1H3/t22-,25?;;;/m0.../s1. The molecule has 1 saturated heterocycles. The van der Waals surface area contributed by atoms with Gasteiger partial charge >= 0.3 is 6.09 Å². The predicted molar refractivity (Wildman–Crippen MR) is 174 cm³/mol. The quantitative estimate of drug-likeness (QED) is 0.297. The van der Waals surface area contributed by atoms with Crippen LogP contribution < -0.4 is 0 Å². The molecule has 3 rings (SSSR count). The van der Waals surface area contributed by atoms with Gasteiger partial charge in [0.15, 0.2) is 0 Å². The molecular formula is C34H58N2O7. The average Bonchev–Trinajstić information content (AvgIpc) is 3.37. The van der Waals surface area contributed by atoms with E-state index in [1.807, 2.05) is 79.7 Å². The summed E-state index contributed by atoms with van der Waals surface area (Å²) in [6, 6.07) is -0.146. The number of methoxy groups -OCH3 is 1. The van der Waals surface area contributed by atoms with Crippen molar-refractivity contribution < 1.29 is 33.6 Å². The van der Waals surface area contributed by atoms with Crippen LogP contribution in [0.3, 0.4) is 0 Å². The zero-order chi connectivity index (χ0) is 32.8. The number of piperazine rings is 1. The van der Waals surface area contributed by atoms with Crippen molar-refractivity contribution in [1.29, 1.82) is 0 Å². The van der Waals surface area contributed by atoms with Gasteiger partial charge in [0.2, 0.25) is 5.91 Å². The number of aliphatic hydroxyl groups is 1. The van der Waals surface area contributed by atoms with Crippen molar-refractivity contribution >= 4 is 12.0 Å². The van der Waals surface area contributed by atoms with Gasteiger partial charge < -0.3 is 29.0 Å². The summed E-state index contributed by atoms with van der Waals surface area (Å²) in [5.41, 5.74) is 1.31. The van der Waals surface area contributed by atoms with E-state index in [9.17, 15) is 9.59 Å². The highest BCUT2D eigenvalue weighted by molar-refractivity contribution is 5.85. The van der Waals surface area contributed by atoms with Gasteiger partial charge in [0.05, 0.1) is 25.9 Å². The van der Waals surface area contributed by atoms with E-state index >= 15 is 0 Å². The minimum Gasteiger partial charge on any atom is -0.497 e. The Bertz CT molecular complexity index is 960. The monoisotopic (exact) mass is 606 g/mol. The van der Waals surface area contributed by atoms with Crippen molar-refractivity contribution in [3.8, 4) is 0 Å². The Balaban J connectivity index is 0.00000276. The first kappa shape index (κ1) is 40.1. The Morgan fingerprint density at radius 2 is 1.79 bits per heavy atom. The molecule has 9 heteroatoms. The molecule has 0 aromatic carbocycles. The Kier molecular flexibility index (Phi) is 21.1. The fraction of sp³-hybridized carbons (Fsp3) is 0.647. The van der Waals surface area contributed by atoms with Crippen molar-refractivity contribution in [3.63, 3.8) is 0 Å². The van der Waals surface area contributed by atoms with Crippen LogP contribution in [0.1, 0.15) is 81.1 Å². The number of aliphatic hydroxyl groups excluding tert-OH is 1. The highest BCUT2D eigenvalue weighted by atomic mass is 16.6. The van der Waals surface area contributed by atoms with E-state index in [0.29, 0.717) is 26.4 Å². The van der Waals surface area contributed by atoms with E-state index in [1.165, 1.54) is 4.90 Å². The first-order chi connectivity index (χ1) is 20.7. The highest BCUT2D eigenvalue weighted by Crippen LogP contribution is 2.24. The molecule has 0 aromatic rings. The topological polar surface area (TPSA) is 97.8 Å². The zero-order valence-electron chi connectivity index (χ0n) is 28.4. The summed E-state index contributed by atoms with van der Waals surface area (Å²) in [5.74, 6) is 0.759. The van der Waals surface area contributed by atoms with E-state index < -0.39 is 11.7 Å². The number of allylic oxidation sites excluding steroid dienone is 6. The molecule has 0 bridgehead atoms. The van der Waals surface area contributed by atoms with Crippen LogP contribution in [0, 0.1) is 0 Å². The van der Waals surface area contributed by atoms with Gasteiger partial charge in [-0.1, -0.05) is 58.1 Å². The first-order valence-corrected chi connectivity index (χ1v) is 15.6. The molecular weight excluding hydrogens is 548 g/mol. The largest absolute Gasteiger partial charge is 0.497 e. The molecule has 2 aliphatic carbocycles. The SMILES string of the molecule is CC.CC.CO.COC1=CCC=CC=C1COCCCOC1C=CC(N2C(=O)CN(C(=O)OC(C)(C)C)C[C@@H]2C)=CCC1. The number of hydrogen-bond acceptors (Lipinski definition) is 7. The smallest absolute Gasteiger partial charge is 0.410 e. The summed E-state index contributed by atoms with van der Waals surface area (Å²) in [7, 11) is 2.68. The Morgan fingerprint density at radius 3 is 2.42 bits per heavy atom. The fourth-order valence-electron chi connectivity index (χ4n) is 4.46. The van der Waals surface area contributed by atoms with E-state index in [-0.39, 0.29) is 24.6 Å². The number of hydrogen-bond donors (Lipinski definition) is 1. The van der Waals surface area contributed by atoms with Crippen LogP contribution >= 0.6 is 0 Å². The summed E-state index contributed by atoms with van der Waals surface area (Å²) < 4.78 is 22.8. The average molecular weight is 607 g/mol. The van der Waals surface area contributed by atoms with Gasteiger partial charge in [0.25, 0.3) is 0 Å². The first-order valence-electron chi connectivity index (χ1n) is 15.6. The molecule has 0 saturated carbocycles. The third kappa shape index (κ3) is 14.9. The van der Waals surface area contributed by atoms with E-state index in [4.69, 9.17) is 24.1 Å². The molecule has 2 amide bonds. The maximum Gasteiger partial charge on any atom is 0.410 e. The third-order valence-electron chi connectivity index (χ3n) is 6.17. The van der Waals surface area contributed by atoms with Crippen LogP contribution in [0.2, 0.25) is 0 Å².